The van der Waals surface area contributed by atoms with E-state index in [4.69, 9.17) is 10.2 Å². The topological polar surface area (TPSA) is 111 Å². The van der Waals surface area contributed by atoms with Gasteiger partial charge in [-0.3, -0.25) is 4.79 Å². The third-order valence-electron chi connectivity index (χ3n) is 4.85. The van der Waals surface area contributed by atoms with E-state index in [1.807, 2.05) is 50.3 Å². The van der Waals surface area contributed by atoms with Crippen LogP contribution in [0, 0.1) is 5.92 Å². The summed E-state index contributed by atoms with van der Waals surface area (Å²) < 4.78 is 7.36. The summed E-state index contributed by atoms with van der Waals surface area (Å²) in [4.78, 5) is 17.1. The number of hydrogen-bond donors (Lipinski definition) is 3. The summed E-state index contributed by atoms with van der Waals surface area (Å²) in [6.45, 7) is 8.81. The minimum Gasteiger partial charge on any atom is -0.414 e. The second-order valence-corrected chi connectivity index (χ2v) is 8.15. The Morgan fingerprint density at radius 3 is 2.72 bits per heavy atom. The van der Waals surface area contributed by atoms with Gasteiger partial charge in [0, 0.05) is 18.0 Å². The smallest absolute Gasteiger partial charge is 0.311 e. The van der Waals surface area contributed by atoms with Crippen LogP contribution in [0.2, 0.25) is 0 Å². The standard InChI is InChI=1S/C24H32N6O2/c1-5-19(26-12-8-9-17(4)25)20(13-16(2)3)29-23(31)24-27-15-22(32-24)30-21-11-7-6-10-18(21)14-28-30/h5-7,10-11,13-17,26H,8-9,12,25H2,1-4H3,(H,29,31)/b19-5+,20-13+. The van der Waals surface area contributed by atoms with Gasteiger partial charge in [-0.2, -0.15) is 9.78 Å². The van der Waals surface area contributed by atoms with E-state index in [9.17, 15) is 4.79 Å². The predicted molar refractivity (Wildman–Crippen MR) is 126 cm³/mol. The van der Waals surface area contributed by atoms with Gasteiger partial charge >= 0.3 is 5.91 Å². The highest BCUT2D eigenvalue weighted by molar-refractivity contribution is 5.91. The molecule has 3 rings (SSSR count). The maximum Gasteiger partial charge on any atom is 0.311 e. The molecule has 32 heavy (non-hydrogen) atoms. The molecule has 0 aliphatic carbocycles. The largest absolute Gasteiger partial charge is 0.414 e. The van der Waals surface area contributed by atoms with Crippen LogP contribution < -0.4 is 16.4 Å². The average Bonchev–Trinajstić information content (AvgIpc) is 3.40. The molecule has 0 spiro atoms. The van der Waals surface area contributed by atoms with Crippen molar-refractivity contribution in [2.75, 3.05) is 6.54 Å². The number of fused-ring (bicyclic) bond motifs is 1. The number of allylic oxidation sites excluding steroid dienone is 2. The second kappa shape index (κ2) is 10.8. The molecule has 0 radical (unpaired) electrons. The lowest BCUT2D eigenvalue weighted by Gasteiger charge is -2.16. The minimum atomic E-state index is -0.420. The van der Waals surface area contributed by atoms with Crippen molar-refractivity contribution in [1.29, 1.82) is 0 Å². The molecule has 3 aromatic rings. The molecule has 2 aromatic heterocycles. The van der Waals surface area contributed by atoms with E-state index in [1.54, 1.807) is 10.9 Å². The van der Waals surface area contributed by atoms with Gasteiger partial charge in [0.25, 0.3) is 5.89 Å². The molecule has 2 heterocycles. The Labute approximate surface area is 188 Å². The van der Waals surface area contributed by atoms with Gasteiger partial charge in [-0.1, -0.05) is 44.2 Å². The van der Waals surface area contributed by atoms with Crippen LogP contribution in [0.3, 0.4) is 0 Å². The van der Waals surface area contributed by atoms with E-state index in [0.717, 1.165) is 36.0 Å². The monoisotopic (exact) mass is 436 g/mol. The first-order chi connectivity index (χ1) is 15.4. The van der Waals surface area contributed by atoms with Gasteiger partial charge < -0.3 is 20.8 Å². The van der Waals surface area contributed by atoms with E-state index in [0.29, 0.717) is 11.6 Å². The van der Waals surface area contributed by atoms with Crippen molar-refractivity contribution in [3.05, 3.63) is 66.1 Å². The van der Waals surface area contributed by atoms with Crippen LogP contribution in [-0.4, -0.2) is 33.3 Å². The van der Waals surface area contributed by atoms with Crippen LogP contribution in [0.25, 0.3) is 16.8 Å². The van der Waals surface area contributed by atoms with E-state index >= 15 is 0 Å². The van der Waals surface area contributed by atoms with Crippen LogP contribution in [0.1, 0.15) is 51.2 Å². The maximum atomic E-state index is 12.9. The molecule has 0 saturated heterocycles. The van der Waals surface area contributed by atoms with Crippen LogP contribution in [-0.2, 0) is 0 Å². The first-order valence-corrected chi connectivity index (χ1v) is 11.0. The van der Waals surface area contributed by atoms with Gasteiger partial charge in [0.05, 0.1) is 29.3 Å². The van der Waals surface area contributed by atoms with Crippen LogP contribution in [0.5, 0.6) is 0 Å². The zero-order chi connectivity index (χ0) is 23.1. The average molecular weight is 437 g/mol. The molecule has 0 aliphatic heterocycles. The highest BCUT2D eigenvalue weighted by Crippen LogP contribution is 2.19. The lowest BCUT2D eigenvalue weighted by atomic mass is 10.1. The Kier molecular flexibility index (Phi) is 7.83. The van der Waals surface area contributed by atoms with Gasteiger partial charge in [0.15, 0.2) is 0 Å². The fourth-order valence-corrected chi connectivity index (χ4v) is 3.32. The first kappa shape index (κ1) is 23.3. The first-order valence-electron chi connectivity index (χ1n) is 11.0. The maximum absolute atomic E-state index is 12.9. The molecular formula is C24H32N6O2. The Balaban J connectivity index is 1.74. The fourth-order valence-electron chi connectivity index (χ4n) is 3.32. The van der Waals surface area contributed by atoms with Crippen molar-refractivity contribution in [1.82, 2.24) is 25.4 Å². The fraction of sp³-hybridized carbons (Fsp3) is 0.375. The number of amides is 1. The molecule has 0 saturated carbocycles. The molecule has 0 bridgehead atoms. The summed E-state index contributed by atoms with van der Waals surface area (Å²) in [6.07, 6.45) is 9.06. The SMILES string of the molecule is C/C=C(NCCCC(C)N)\C(=C/C(C)C)NC(=O)c1ncc(-n2ncc3ccccc32)o1. The molecular weight excluding hydrogens is 404 g/mol. The number of rotatable bonds is 10. The van der Waals surface area contributed by atoms with Gasteiger partial charge in [-0.15, -0.1) is 0 Å². The highest BCUT2D eigenvalue weighted by atomic mass is 16.4. The minimum absolute atomic E-state index is 0.0263. The number of nitrogens with two attached hydrogens (primary N) is 1. The zero-order valence-electron chi connectivity index (χ0n) is 19.1. The number of oxazole rings is 1. The summed E-state index contributed by atoms with van der Waals surface area (Å²) in [5, 5.41) is 11.7. The summed E-state index contributed by atoms with van der Waals surface area (Å²) >= 11 is 0. The molecule has 0 aliphatic rings. The van der Waals surface area contributed by atoms with E-state index in [-0.39, 0.29) is 17.9 Å². The Hall–Kier alpha value is -3.39. The summed E-state index contributed by atoms with van der Waals surface area (Å²) in [5.74, 6) is 0.172. The van der Waals surface area contributed by atoms with E-state index in [2.05, 4.69) is 34.6 Å². The molecule has 170 valence electrons. The van der Waals surface area contributed by atoms with Gasteiger partial charge in [-0.25, -0.2) is 4.98 Å². The van der Waals surface area contributed by atoms with Crippen LogP contribution >= 0.6 is 0 Å². The molecule has 1 aromatic carbocycles. The van der Waals surface area contributed by atoms with Crippen molar-refractivity contribution >= 4 is 16.8 Å². The number of hydrogen-bond acceptors (Lipinski definition) is 6. The van der Waals surface area contributed by atoms with Crippen molar-refractivity contribution in [2.45, 2.75) is 46.6 Å². The number of para-hydroxylation sites is 1. The number of carbonyl (C=O) groups excluding carboxylic acids is 1. The van der Waals surface area contributed by atoms with Crippen molar-refractivity contribution in [3.63, 3.8) is 0 Å². The molecule has 1 amide bonds. The van der Waals surface area contributed by atoms with Gasteiger partial charge in [-0.05, 0) is 38.7 Å². The van der Waals surface area contributed by atoms with E-state index in [1.165, 1.54) is 6.20 Å². The third kappa shape index (κ3) is 5.85. The van der Waals surface area contributed by atoms with Crippen LogP contribution in [0.4, 0.5) is 0 Å². The Bertz CT molecular complexity index is 1110. The van der Waals surface area contributed by atoms with Crippen molar-refractivity contribution in [2.24, 2.45) is 11.7 Å². The van der Waals surface area contributed by atoms with Gasteiger partial charge in [0.2, 0.25) is 5.88 Å². The zero-order valence-corrected chi connectivity index (χ0v) is 19.1. The predicted octanol–water partition coefficient (Wildman–Crippen LogP) is 3.90. The number of aromatic nitrogens is 3. The number of nitrogens with zero attached hydrogens (tertiary/aromatic N) is 3. The van der Waals surface area contributed by atoms with Crippen molar-refractivity contribution < 1.29 is 9.21 Å². The molecule has 8 nitrogen and oxygen atoms in total. The third-order valence-corrected chi connectivity index (χ3v) is 4.85. The second-order valence-electron chi connectivity index (χ2n) is 8.15. The summed E-state index contributed by atoms with van der Waals surface area (Å²) in [5.41, 5.74) is 8.25. The molecule has 4 N–H and O–H groups in total. The number of carbonyl (C=O) groups is 1. The number of nitrogens with one attached hydrogen (secondary N) is 2. The molecule has 1 atom stereocenters. The lowest BCUT2D eigenvalue weighted by molar-refractivity contribution is 0.0931. The van der Waals surface area contributed by atoms with Crippen molar-refractivity contribution in [3.8, 4) is 5.88 Å². The summed E-state index contributed by atoms with van der Waals surface area (Å²) in [6, 6.07) is 7.93. The Morgan fingerprint density at radius 2 is 2.00 bits per heavy atom. The summed E-state index contributed by atoms with van der Waals surface area (Å²) in [7, 11) is 0. The molecule has 0 fully saturated rings. The molecule has 1 unspecified atom stereocenters. The Morgan fingerprint density at radius 1 is 1.22 bits per heavy atom. The molecule has 8 heteroatoms. The lowest BCUT2D eigenvalue weighted by Crippen LogP contribution is -2.30. The van der Waals surface area contributed by atoms with E-state index < -0.39 is 5.91 Å². The highest BCUT2D eigenvalue weighted by Gasteiger charge is 2.18. The van der Waals surface area contributed by atoms with Gasteiger partial charge in [0.1, 0.15) is 0 Å². The number of benzene rings is 1. The van der Waals surface area contributed by atoms with Crippen LogP contribution in [0.15, 0.2) is 64.6 Å². The normalized spacial score (nSPS) is 13.6. The quantitative estimate of drug-likeness (QED) is 0.328.